The van der Waals surface area contributed by atoms with Crippen molar-refractivity contribution in [3.63, 3.8) is 0 Å². The summed E-state index contributed by atoms with van der Waals surface area (Å²) in [6.45, 7) is 6.47. The molecule has 0 spiro atoms. The molecule has 5 heteroatoms. The average molecular weight is 376 g/mol. The Morgan fingerprint density at radius 3 is 2.69 bits per heavy atom. The molecule has 0 unspecified atom stereocenters. The first-order valence-electron chi connectivity index (χ1n) is 8.84. The highest BCUT2D eigenvalue weighted by molar-refractivity contribution is 7.98. The molecule has 0 aliphatic carbocycles. The maximum atomic E-state index is 13.5. The van der Waals surface area contributed by atoms with Crippen LogP contribution in [0.2, 0.25) is 0 Å². The highest BCUT2D eigenvalue weighted by Gasteiger charge is 2.18. The Morgan fingerprint density at radius 2 is 2.00 bits per heavy atom. The molecule has 1 atom stereocenters. The van der Waals surface area contributed by atoms with Gasteiger partial charge in [0.1, 0.15) is 11.6 Å². The van der Waals surface area contributed by atoms with Gasteiger partial charge in [-0.3, -0.25) is 4.79 Å². The zero-order valence-electron chi connectivity index (χ0n) is 15.5. The van der Waals surface area contributed by atoms with Crippen LogP contribution in [0.1, 0.15) is 30.0 Å². The summed E-state index contributed by atoms with van der Waals surface area (Å²) in [5.41, 5.74) is 2.88. The largest absolute Gasteiger partial charge is 0.480 e. The van der Waals surface area contributed by atoms with Crippen molar-refractivity contribution in [2.75, 3.05) is 12.3 Å². The molecule has 0 heterocycles. The van der Waals surface area contributed by atoms with Gasteiger partial charge in [-0.15, -0.1) is 0 Å². The molecule has 0 saturated heterocycles. The van der Waals surface area contributed by atoms with Crippen LogP contribution >= 0.6 is 11.8 Å². The predicted octanol–water partition coefficient (Wildman–Crippen LogP) is 4.65. The molecule has 0 saturated carbocycles. The van der Waals surface area contributed by atoms with Crippen molar-refractivity contribution in [2.45, 2.75) is 39.0 Å². The van der Waals surface area contributed by atoms with E-state index in [0.29, 0.717) is 24.3 Å². The quantitative estimate of drug-likeness (QED) is 0.649. The van der Waals surface area contributed by atoms with Crippen LogP contribution in [0.3, 0.4) is 0 Å². The molecule has 1 amide bonds. The standard InChI is InChI=1S/C21H26FNO2S/c1-4-19(25-20-10-9-15(2)13-16(20)3)21(24)23-11-12-26-14-17-7-5-6-8-18(17)22/h5-10,13,19H,4,11-12,14H2,1-3H3,(H,23,24)/t19-/m0/s1. The lowest BCUT2D eigenvalue weighted by molar-refractivity contribution is -0.128. The molecule has 1 N–H and O–H groups in total. The van der Waals surface area contributed by atoms with E-state index in [1.165, 1.54) is 11.6 Å². The third-order valence-corrected chi connectivity index (χ3v) is 5.03. The summed E-state index contributed by atoms with van der Waals surface area (Å²) in [6.07, 6.45) is 0.0922. The fourth-order valence-corrected chi connectivity index (χ4v) is 3.41. The SMILES string of the molecule is CC[C@H](Oc1ccc(C)cc1C)C(=O)NCCSCc1ccccc1F. The molecule has 0 aliphatic heterocycles. The maximum absolute atomic E-state index is 13.5. The Hall–Kier alpha value is -2.01. The summed E-state index contributed by atoms with van der Waals surface area (Å²) >= 11 is 1.59. The second kappa shape index (κ2) is 10.2. The molecule has 3 nitrogen and oxygen atoms in total. The third-order valence-electron chi connectivity index (χ3n) is 4.02. The molecular weight excluding hydrogens is 349 g/mol. The van der Waals surface area contributed by atoms with Crippen LogP contribution in [0, 0.1) is 19.7 Å². The minimum atomic E-state index is -0.507. The van der Waals surface area contributed by atoms with Gasteiger partial charge in [-0.2, -0.15) is 11.8 Å². The topological polar surface area (TPSA) is 38.3 Å². The number of rotatable bonds is 9. The van der Waals surface area contributed by atoms with Crippen molar-refractivity contribution in [3.05, 3.63) is 65.0 Å². The first-order valence-corrected chi connectivity index (χ1v) is 9.99. The Kier molecular flexibility index (Phi) is 7.98. The Balaban J connectivity index is 1.75. The van der Waals surface area contributed by atoms with Gasteiger partial charge in [0.25, 0.3) is 5.91 Å². The van der Waals surface area contributed by atoms with E-state index in [2.05, 4.69) is 5.32 Å². The van der Waals surface area contributed by atoms with Crippen LogP contribution < -0.4 is 10.1 Å². The van der Waals surface area contributed by atoms with Crippen LogP contribution in [0.15, 0.2) is 42.5 Å². The van der Waals surface area contributed by atoms with Crippen LogP contribution in [-0.4, -0.2) is 24.3 Å². The number of ether oxygens (including phenoxy) is 1. The molecule has 0 aromatic heterocycles. The van der Waals surface area contributed by atoms with E-state index in [1.807, 2.05) is 45.0 Å². The van der Waals surface area contributed by atoms with Gasteiger partial charge >= 0.3 is 0 Å². The predicted molar refractivity (Wildman–Crippen MR) is 106 cm³/mol. The van der Waals surface area contributed by atoms with Gasteiger partial charge in [-0.05, 0) is 43.5 Å². The normalized spacial score (nSPS) is 11.8. The van der Waals surface area contributed by atoms with Gasteiger partial charge in [0.05, 0.1) is 0 Å². The van der Waals surface area contributed by atoms with E-state index >= 15 is 0 Å². The Bertz CT molecular complexity index is 736. The van der Waals surface area contributed by atoms with Crippen molar-refractivity contribution >= 4 is 17.7 Å². The van der Waals surface area contributed by atoms with E-state index in [9.17, 15) is 9.18 Å². The molecule has 2 aromatic rings. The lowest BCUT2D eigenvalue weighted by Gasteiger charge is -2.19. The number of hydrogen-bond acceptors (Lipinski definition) is 3. The second-order valence-electron chi connectivity index (χ2n) is 6.22. The number of halogens is 1. The molecule has 0 aliphatic rings. The highest BCUT2D eigenvalue weighted by atomic mass is 32.2. The molecule has 2 aromatic carbocycles. The monoisotopic (exact) mass is 375 g/mol. The average Bonchev–Trinajstić information content (AvgIpc) is 2.62. The van der Waals surface area contributed by atoms with E-state index < -0.39 is 6.10 Å². The number of carbonyl (C=O) groups is 1. The summed E-state index contributed by atoms with van der Waals surface area (Å²) in [6, 6.07) is 12.7. The second-order valence-corrected chi connectivity index (χ2v) is 7.32. The summed E-state index contributed by atoms with van der Waals surface area (Å²) in [5.74, 6) is 1.77. The maximum Gasteiger partial charge on any atom is 0.261 e. The lowest BCUT2D eigenvalue weighted by atomic mass is 10.1. The molecule has 140 valence electrons. The lowest BCUT2D eigenvalue weighted by Crippen LogP contribution is -2.39. The smallest absolute Gasteiger partial charge is 0.261 e. The number of benzene rings is 2. The summed E-state index contributed by atoms with van der Waals surface area (Å²) in [5, 5.41) is 2.91. The van der Waals surface area contributed by atoms with Crippen LogP contribution in [0.25, 0.3) is 0 Å². The van der Waals surface area contributed by atoms with Crippen molar-refractivity contribution in [3.8, 4) is 5.75 Å². The number of thioether (sulfide) groups is 1. The molecule has 2 rings (SSSR count). The first-order chi connectivity index (χ1) is 12.5. The molecular formula is C21H26FNO2S. The highest BCUT2D eigenvalue weighted by Crippen LogP contribution is 2.21. The van der Waals surface area contributed by atoms with Gasteiger partial charge in [0, 0.05) is 18.1 Å². The minimum absolute atomic E-state index is 0.112. The van der Waals surface area contributed by atoms with Crippen molar-refractivity contribution < 1.29 is 13.9 Å². The number of nitrogens with one attached hydrogen (secondary N) is 1. The van der Waals surface area contributed by atoms with Gasteiger partial charge in [-0.25, -0.2) is 4.39 Å². The van der Waals surface area contributed by atoms with Gasteiger partial charge in [0.2, 0.25) is 0 Å². The van der Waals surface area contributed by atoms with E-state index in [-0.39, 0.29) is 11.7 Å². The van der Waals surface area contributed by atoms with Crippen LogP contribution in [0.4, 0.5) is 4.39 Å². The molecule has 26 heavy (non-hydrogen) atoms. The summed E-state index contributed by atoms with van der Waals surface area (Å²) < 4.78 is 19.4. The molecule has 0 bridgehead atoms. The number of amides is 1. The number of hydrogen-bond donors (Lipinski definition) is 1. The Morgan fingerprint density at radius 1 is 1.23 bits per heavy atom. The minimum Gasteiger partial charge on any atom is -0.480 e. The zero-order chi connectivity index (χ0) is 18.9. The number of aryl methyl sites for hydroxylation is 2. The van der Waals surface area contributed by atoms with Crippen molar-refractivity contribution in [1.82, 2.24) is 5.32 Å². The Labute approximate surface area is 159 Å². The van der Waals surface area contributed by atoms with Gasteiger partial charge in [-0.1, -0.05) is 42.8 Å². The van der Waals surface area contributed by atoms with Crippen LogP contribution in [0.5, 0.6) is 5.75 Å². The van der Waals surface area contributed by atoms with E-state index in [0.717, 1.165) is 17.1 Å². The number of carbonyl (C=O) groups excluding carboxylic acids is 1. The van der Waals surface area contributed by atoms with Crippen molar-refractivity contribution in [2.24, 2.45) is 0 Å². The van der Waals surface area contributed by atoms with Gasteiger partial charge < -0.3 is 10.1 Å². The third kappa shape index (κ3) is 6.06. The van der Waals surface area contributed by atoms with E-state index in [1.54, 1.807) is 23.9 Å². The van der Waals surface area contributed by atoms with Gasteiger partial charge in [0.15, 0.2) is 6.10 Å². The fourth-order valence-electron chi connectivity index (χ4n) is 2.56. The first kappa shape index (κ1) is 20.3. The zero-order valence-corrected chi connectivity index (χ0v) is 16.4. The molecule has 0 radical (unpaired) electrons. The summed E-state index contributed by atoms with van der Waals surface area (Å²) in [4.78, 5) is 12.3. The molecule has 0 fully saturated rings. The fraction of sp³-hybridized carbons (Fsp3) is 0.381. The van der Waals surface area contributed by atoms with Crippen LogP contribution in [-0.2, 0) is 10.5 Å². The summed E-state index contributed by atoms with van der Waals surface area (Å²) in [7, 11) is 0. The van der Waals surface area contributed by atoms with E-state index in [4.69, 9.17) is 4.74 Å². The van der Waals surface area contributed by atoms with Crippen molar-refractivity contribution in [1.29, 1.82) is 0 Å².